The Hall–Kier alpha value is -2.59. The van der Waals surface area contributed by atoms with Crippen LogP contribution in [0.4, 0.5) is 11.4 Å². The van der Waals surface area contributed by atoms with Crippen LogP contribution in [-0.2, 0) is 9.53 Å². The monoisotopic (exact) mass is 283 g/mol. The lowest BCUT2D eigenvalue weighted by Gasteiger charge is -2.06. The molecule has 0 saturated heterocycles. The Labute approximate surface area is 123 Å². The molecule has 0 amide bonds. The third-order valence-electron chi connectivity index (χ3n) is 2.72. The number of carbonyl (C=O) groups is 1. The summed E-state index contributed by atoms with van der Waals surface area (Å²) >= 11 is 0. The Kier molecular flexibility index (Phi) is 5.55. The Morgan fingerprint density at radius 2 is 1.71 bits per heavy atom. The predicted molar refractivity (Wildman–Crippen MR) is 83.2 cm³/mol. The van der Waals surface area contributed by atoms with E-state index in [1.807, 2.05) is 54.6 Å². The molecule has 0 saturated carbocycles. The van der Waals surface area contributed by atoms with Gasteiger partial charge >= 0.3 is 5.97 Å². The Bertz CT molecular complexity index is 591. The molecule has 0 heterocycles. The highest BCUT2D eigenvalue weighted by Crippen LogP contribution is 2.17. The van der Waals surface area contributed by atoms with E-state index in [9.17, 15) is 4.79 Å². The fraction of sp³-hybridized carbons (Fsp3) is 0.118. The minimum absolute atomic E-state index is 0.0170. The highest BCUT2D eigenvalue weighted by atomic mass is 16.5. The standard InChI is InChI=1S/C17H17NO3/c19-12-13-21-17(20)11-8-14-6-9-16(10-7-14)18-15-4-2-1-3-5-15/h1-11,18-19H,12-13H2. The van der Waals surface area contributed by atoms with Crippen molar-refractivity contribution < 1.29 is 14.6 Å². The van der Waals surface area contributed by atoms with Crippen LogP contribution in [0.15, 0.2) is 60.7 Å². The number of ether oxygens (including phenoxy) is 1. The van der Waals surface area contributed by atoms with Gasteiger partial charge in [-0.2, -0.15) is 0 Å². The third-order valence-corrected chi connectivity index (χ3v) is 2.72. The largest absolute Gasteiger partial charge is 0.460 e. The van der Waals surface area contributed by atoms with Gasteiger partial charge < -0.3 is 15.2 Å². The smallest absolute Gasteiger partial charge is 0.330 e. The van der Waals surface area contributed by atoms with Crippen LogP contribution in [0.25, 0.3) is 6.08 Å². The number of nitrogens with one attached hydrogen (secondary N) is 1. The van der Waals surface area contributed by atoms with Gasteiger partial charge in [0.1, 0.15) is 6.61 Å². The second-order valence-electron chi connectivity index (χ2n) is 4.34. The molecule has 0 aliphatic carbocycles. The molecule has 21 heavy (non-hydrogen) atoms. The Balaban J connectivity index is 1.93. The van der Waals surface area contributed by atoms with E-state index < -0.39 is 5.97 Å². The average Bonchev–Trinajstić information content (AvgIpc) is 2.53. The van der Waals surface area contributed by atoms with Gasteiger partial charge in [-0.3, -0.25) is 0 Å². The summed E-state index contributed by atoms with van der Waals surface area (Å²) in [6.07, 6.45) is 3.02. The summed E-state index contributed by atoms with van der Waals surface area (Å²) in [5, 5.41) is 11.8. The molecule has 0 bridgehead atoms. The lowest BCUT2D eigenvalue weighted by atomic mass is 10.2. The van der Waals surface area contributed by atoms with Gasteiger partial charge in [-0.25, -0.2) is 4.79 Å². The number of rotatable bonds is 6. The lowest BCUT2D eigenvalue weighted by Crippen LogP contribution is -2.04. The zero-order valence-corrected chi connectivity index (χ0v) is 11.5. The summed E-state index contributed by atoms with van der Waals surface area (Å²) in [6, 6.07) is 17.6. The molecular formula is C17H17NO3. The van der Waals surface area contributed by atoms with Crippen molar-refractivity contribution in [1.29, 1.82) is 0 Å². The van der Waals surface area contributed by atoms with Gasteiger partial charge in [0.05, 0.1) is 6.61 Å². The van der Waals surface area contributed by atoms with Gasteiger partial charge in [0.2, 0.25) is 0 Å². The van der Waals surface area contributed by atoms with Crippen molar-refractivity contribution in [3.63, 3.8) is 0 Å². The van der Waals surface area contributed by atoms with Crippen molar-refractivity contribution in [1.82, 2.24) is 0 Å². The highest BCUT2D eigenvalue weighted by Gasteiger charge is 1.97. The molecule has 108 valence electrons. The lowest BCUT2D eigenvalue weighted by molar-refractivity contribution is -0.138. The molecule has 4 nitrogen and oxygen atoms in total. The maximum Gasteiger partial charge on any atom is 0.330 e. The number of aliphatic hydroxyl groups excluding tert-OH is 1. The first-order chi connectivity index (χ1) is 10.3. The molecular weight excluding hydrogens is 266 g/mol. The zero-order chi connectivity index (χ0) is 14.9. The SMILES string of the molecule is O=C(C=Cc1ccc(Nc2ccccc2)cc1)OCCO. The van der Waals surface area contributed by atoms with E-state index in [0.29, 0.717) is 0 Å². The van der Waals surface area contributed by atoms with Crippen LogP contribution in [0.1, 0.15) is 5.56 Å². The number of esters is 1. The average molecular weight is 283 g/mol. The molecule has 2 aromatic rings. The second-order valence-corrected chi connectivity index (χ2v) is 4.34. The van der Waals surface area contributed by atoms with Gasteiger partial charge in [-0.05, 0) is 35.9 Å². The number of anilines is 2. The number of aliphatic hydroxyl groups is 1. The van der Waals surface area contributed by atoms with Crippen molar-refractivity contribution in [2.45, 2.75) is 0 Å². The number of carbonyl (C=O) groups excluding carboxylic acids is 1. The van der Waals surface area contributed by atoms with Crippen LogP contribution < -0.4 is 5.32 Å². The first-order valence-electron chi connectivity index (χ1n) is 6.66. The molecule has 4 heteroatoms. The quantitative estimate of drug-likeness (QED) is 0.632. The van der Waals surface area contributed by atoms with Gasteiger partial charge in [0, 0.05) is 17.5 Å². The third kappa shape index (κ3) is 5.12. The van der Waals surface area contributed by atoms with Crippen LogP contribution >= 0.6 is 0 Å². The van der Waals surface area contributed by atoms with Gasteiger partial charge in [-0.1, -0.05) is 30.3 Å². The van der Waals surface area contributed by atoms with Crippen molar-refractivity contribution in [3.8, 4) is 0 Å². The molecule has 2 aromatic carbocycles. The Morgan fingerprint density at radius 1 is 1.05 bits per heavy atom. The summed E-state index contributed by atoms with van der Waals surface area (Å²) in [5.74, 6) is -0.462. The van der Waals surface area contributed by atoms with Crippen molar-refractivity contribution in [3.05, 3.63) is 66.2 Å². The topological polar surface area (TPSA) is 58.6 Å². The van der Waals surface area contributed by atoms with Crippen LogP contribution in [-0.4, -0.2) is 24.3 Å². The van der Waals surface area contributed by atoms with E-state index in [1.165, 1.54) is 6.08 Å². The molecule has 0 aliphatic heterocycles. The normalized spacial score (nSPS) is 10.5. The predicted octanol–water partition coefficient (Wildman–Crippen LogP) is 2.98. The first kappa shape index (κ1) is 14.8. The van der Waals surface area contributed by atoms with Gasteiger partial charge in [0.25, 0.3) is 0 Å². The molecule has 2 rings (SSSR count). The maximum atomic E-state index is 11.3. The molecule has 0 atom stereocenters. The first-order valence-corrected chi connectivity index (χ1v) is 6.66. The number of para-hydroxylation sites is 1. The van der Waals surface area contributed by atoms with Crippen molar-refractivity contribution in [2.75, 3.05) is 18.5 Å². The summed E-state index contributed by atoms with van der Waals surface area (Å²) < 4.78 is 4.73. The minimum atomic E-state index is -0.462. The van der Waals surface area contributed by atoms with E-state index >= 15 is 0 Å². The van der Waals surface area contributed by atoms with Gasteiger partial charge in [0.15, 0.2) is 0 Å². The molecule has 0 fully saturated rings. The van der Waals surface area contributed by atoms with Crippen molar-refractivity contribution >= 4 is 23.4 Å². The Morgan fingerprint density at radius 3 is 2.38 bits per heavy atom. The fourth-order valence-electron chi connectivity index (χ4n) is 1.72. The van der Waals surface area contributed by atoms with E-state index in [1.54, 1.807) is 6.08 Å². The summed E-state index contributed by atoms with van der Waals surface area (Å²) in [7, 11) is 0. The zero-order valence-electron chi connectivity index (χ0n) is 11.5. The van der Waals surface area contributed by atoms with Crippen LogP contribution in [0.5, 0.6) is 0 Å². The van der Waals surface area contributed by atoms with E-state index in [2.05, 4.69) is 5.32 Å². The van der Waals surface area contributed by atoms with E-state index in [4.69, 9.17) is 9.84 Å². The van der Waals surface area contributed by atoms with Gasteiger partial charge in [-0.15, -0.1) is 0 Å². The molecule has 0 radical (unpaired) electrons. The fourth-order valence-corrected chi connectivity index (χ4v) is 1.72. The molecule has 0 spiro atoms. The van der Waals surface area contributed by atoms with E-state index in [0.717, 1.165) is 16.9 Å². The number of benzene rings is 2. The minimum Gasteiger partial charge on any atom is -0.460 e. The summed E-state index contributed by atoms with van der Waals surface area (Å²) in [6.45, 7) is -0.150. The number of hydrogen-bond acceptors (Lipinski definition) is 4. The summed E-state index contributed by atoms with van der Waals surface area (Å²) in [4.78, 5) is 11.3. The van der Waals surface area contributed by atoms with E-state index in [-0.39, 0.29) is 13.2 Å². The maximum absolute atomic E-state index is 11.3. The number of hydrogen-bond donors (Lipinski definition) is 2. The van der Waals surface area contributed by atoms with Crippen LogP contribution in [0.2, 0.25) is 0 Å². The molecule has 0 unspecified atom stereocenters. The molecule has 0 aliphatic rings. The van der Waals surface area contributed by atoms with Crippen molar-refractivity contribution in [2.24, 2.45) is 0 Å². The molecule has 2 N–H and O–H groups in total. The highest BCUT2D eigenvalue weighted by molar-refractivity contribution is 5.87. The molecule has 0 aromatic heterocycles. The summed E-state index contributed by atoms with van der Waals surface area (Å²) in [5.41, 5.74) is 2.89. The second kappa shape index (κ2) is 7.87. The van der Waals surface area contributed by atoms with Crippen LogP contribution in [0.3, 0.4) is 0 Å². The van der Waals surface area contributed by atoms with Crippen LogP contribution in [0, 0.1) is 0 Å².